The molecule has 2 aromatic rings. The van der Waals surface area contributed by atoms with Crippen LogP contribution in [0.3, 0.4) is 0 Å². The van der Waals surface area contributed by atoms with Gasteiger partial charge in [-0.2, -0.15) is 23.0 Å². The second-order valence-corrected chi connectivity index (χ2v) is 4.13. The van der Waals surface area contributed by atoms with Crippen molar-refractivity contribution in [3.05, 3.63) is 41.2 Å². The summed E-state index contributed by atoms with van der Waals surface area (Å²) in [6, 6.07) is 0.766. The van der Waals surface area contributed by atoms with E-state index in [0.717, 1.165) is 6.07 Å². The van der Waals surface area contributed by atoms with Crippen LogP contribution in [0.25, 0.3) is 0 Å². The minimum Gasteiger partial charge on any atom is -0.394 e. The van der Waals surface area contributed by atoms with E-state index in [1.807, 2.05) is 0 Å². The highest BCUT2D eigenvalue weighted by Gasteiger charge is 2.32. The molecule has 2 heterocycles. The monoisotopic (exact) mass is 319 g/mol. The third kappa shape index (κ3) is 3.48. The predicted octanol–water partition coefficient (Wildman–Crippen LogP) is 2.59. The number of halogens is 4. The minimum absolute atomic E-state index is 0.00335. The Kier molecular flexibility index (Phi) is 4.41. The van der Waals surface area contributed by atoms with Crippen LogP contribution in [0.15, 0.2) is 30.1 Å². The Bertz CT molecular complexity index is 642. The Morgan fingerprint density at radius 3 is 2.76 bits per heavy atom. The fourth-order valence-corrected chi connectivity index (χ4v) is 1.65. The highest BCUT2D eigenvalue weighted by molar-refractivity contribution is 6.33. The fraction of sp³-hybridized carbons (Fsp3) is 0.273. The molecule has 0 aliphatic rings. The molecule has 10 heteroatoms. The first kappa shape index (κ1) is 15.2. The van der Waals surface area contributed by atoms with E-state index >= 15 is 0 Å². The lowest BCUT2D eigenvalue weighted by Crippen LogP contribution is -2.18. The van der Waals surface area contributed by atoms with Crippen LogP contribution >= 0.6 is 11.6 Å². The molecule has 0 aliphatic carbocycles. The van der Waals surface area contributed by atoms with E-state index < -0.39 is 11.7 Å². The third-order valence-corrected chi connectivity index (χ3v) is 2.58. The molecule has 0 aliphatic heterocycles. The lowest BCUT2D eigenvalue weighted by molar-refractivity contribution is -0.137. The lowest BCUT2D eigenvalue weighted by Gasteiger charge is -2.10. The summed E-state index contributed by atoms with van der Waals surface area (Å²) in [5, 5.41) is 7.37. The van der Waals surface area contributed by atoms with Gasteiger partial charge in [-0.05, 0) is 13.0 Å². The summed E-state index contributed by atoms with van der Waals surface area (Å²) >= 11 is 5.87. The fourth-order valence-electron chi connectivity index (χ4n) is 1.39. The number of hydrogen-bond donors (Lipinski definition) is 0. The van der Waals surface area contributed by atoms with Gasteiger partial charge in [0.05, 0.1) is 10.6 Å². The number of alkyl halides is 3. The van der Waals surface area contributed by atoms with Crippen LogP contribution in [0.5, 0.6) is 0 Å². The topological polar surface area (TPSA) is 65.2 Å². The first-order valence-electron chi connectivity index (χ1n) is 5.71. The van der Waals surface area contributed by atoms with Crippen molar-refractivity contribution in [1.82, 2.24) is 19.7 Å². The van der Waals surface area contributed by atoms with Crippen molar-refractivity contribution < 1.29 is 18.0 Å². The standard InChI is InChI=1S/C11H9ClF3N5O/c1-2-21-19-10(20-6-16-5-18-20)9-8(12)3-7(4-17-9)11(13,14)15/h3-6H,2H2,1H3. The van der Waals surface area contributed by atoms with Crippen LogP contribution in [0, 0.1) is 0 Å². The summed E-state index contributed by atoms with van der Waals surface area (Å²) in [7, 11) is 0. The average Bonchev–Trinajstić information content (AvgIpc) is 2.93. The Hall–Kier alpha value is -2.16. The number of hydrogen-bond acceptors (Lipinski definition) is 5. The zero-order valence-electron chi connectivity index (χ0n) is 10.7. The Labute approximate surface area is 122 Å². The molecular formula is C11H9ClF3N5O. The molecule has 0 fully saturated rings. The summed E-state index contributed by atoms with van der Waals surface area (Å²) in [6.07, 6.45) is -1.33. The maximum absolute atomic E-state index is 12.6. The smallest absolute Gasteiger partial charge is 0.394 e. The van der Waals surface area contributed by atoms with Gasteiger partial charge in [0.1, 0.15) is 25.0 Å². The van der Waals surface area contributed by atoms with Crippen LogP contribution < -0.4 is 0 Å². The van der Waals surface area contributed by atoms with Crippen LogP contribution in [0.1, 0.15) is 18.2 Å². The van der Waals surface area contributed by atoms with Gasteiger partial charge >= 0.3 is 6.18 Å². The zero-order chi connectivity index (χ0) is 15.5. The molecule has 21 heavy (non-hydrogen) atoms. The molecule has 2 aromatic heterocycles. The number of nitrogens with zero attached hydrogens (tertiary/aromatic N) is 5. The van der Waals surface area contributed by atoms with Crippen molar-refractivity contribution in [2.75, 3.05) is 6.61 Å². The summed E-state index contributed by atoms with van der Waals surface area (Å²) in [5.74, 6) is 0.0353. The molecule has 0 unspecified atom stereocenters. The highest BCUT2D eigenvalue weighted by atomic mass is 35.5. The van der Waals surface area contributed by atoms with Gasteiger partial charge in [-0.25, -0.2) is 4.98 Å². The molecule has 112 valence electrons. The van der Waals surface area contributed by atoms with E-state index in [-0.39, 0.29) is 23.2 Å². The minimum atomic E-state index is -4.53. The molecule has 0 saturated heterocycles. The summed E-state index contributed by atoms with van der Waals surface area (Å²) < 4.78 is 39.0. The van der Waals surface area contributed by atoms with E-state index in [4.69, 9.17) is 16.4 Å². The molecule has 0 saturated carbocycles. The molecule has 0 bridgehead atoms. The van der Waals surface area contributed by atoms with Gasteiger partial charge in [0.25, 0.3) is 0 Å². The van der Waals surface area contributed by atoms with Crippen molar-refractivity contribution in [3.8, 4) is 0 Å². The lowest BCUT2D eigenvalue weighted by atomic mass is 10.2. The number of pyridine rings is 1. The van der Waals surface area contributed by atoms with Gasteiger partial charge in [0, 0.05) is 6.20 Å². The SMILES string of the molecule is CCON=C(c1ncc(C(F)(F)F)cc1Cl)n1cncn1. The van der Waals surface area contributed by atoms with Crippen LogP contribution in [-0.4, -0.2) is 32.2 Å². The molecule has 2 rings (SSSR count). The Morgan fingerprint density at radius 1 is 1.48 bits per heavy atom. The molecule has 0 N–H and O–H groups in total. The quantitative estimate of drug-likeness (QED) is 0.495. The highest BCUT2D eigenvalue weighted by Crippen LogP contribution is 2.31. The van der Waals surface area contributed by atoms with Gasteiger partial charge in [0.2, 0.25) is 5.84 Å². The van der Waals surface area contributed by atoms with Crippen LogP contribution in [0.4, 0.5) is 13.2 Å². The maximum atomic E-state index is 12.6. The number of oxime groups is 1. The molecule has 0 aromatic carbocycles. The van der Waals surface area contributed by atoms with Gasteiger partial charge in [0.15, 0.2) is 0 Å². The van der Waals surface area contributed by atoms with E-state index in [2.05, 4.69) is 20.2 Å². The first-order chi connectivity index (χ1) is 9.93. The second-order valence-electron chi connectivity index (χ2n) is 3.72. The molecule has 0 radical (unpaired) electrons. The molecule has 0 amide bonds. The maximum Gasteiger partial charge on any atom is 0.417 e. The third-order valence-electron chi connectivity index (χ3n) is 2.30. The van der Waals surface area contributed by atoms with Crippen LogP contribution in [-0.2, 0) is 11.0 Å². The van der Waals surface area contributed by atoms with Gasteiger partial charge in [-0.3, -0.25) is 4.98 Å². The summed E-state index contributed by atoms with van der Waals surface area (Å²) in [6.45, 7) is 1.96. The van der Waals surface area contributed by atoms with Crippen molar-refractivity contribution in [2.24, 2.45) is 5.16 Å². The molecule has 6 nitrogen and oxygen atoms in total. The van der Waals surface area contributed by atoms with Gasteiger partial charge < -0.3 is 4.84 Å². The van der Waals surface area contributed by atoms with E-state index in [1.165, 1.54) is 17.3 Å². The Balaban J connectivity index is 2.47. The summed E-state index contributed by atoms with van der Waals surface area (Å²) in [4.78, 5) is 12.3. The van der Waals surface area contributed by atoms with Crippen molar-refractivity contribution in [2.45, 2.75) is 13.1 Å². The van der Waals surface area contributed by atoms with E-state index in [9.17, 15) is 13.2 Å². The zero-order valence-corrected chi connectivity index (χ0v) is 11.4. The van der Waals surface area contributed by atoms with E-state index in [1.54, 1.807) is 6.92 Å². The van der Waals surface area contributed by atoms with Crippen molar-refractivity contribution in [3.63, 3.8) is 0 Å². The average molecular weight is 320 g/mol. The number of aromatic nitrogens is 4. The normalized spacial score (nSPS) is 12.5. The number of rotatable bonds is 3. The first-order valence-corrected chi connectivity index (χ1v) is 6.09. The van der Waals surface area contributed by atoms with E-state index in [0.29, 0.717) is 6.20 Å². The largest absolute Gasteiger partial charge is 0.417 e. The van der Waals surface area contributed by atoms with Crippen LogP contribution in [0.2, 0.25) is 5.02 Å². The van der Waals surface area contributed by atoms with Crippen molar-refractivity contribution in [1.29, 1.82) is 0 Å². The molecule has 0 atom stereocenters. The molecular weight excluding hydrogens is 311 g/mol. The Morgan fingerprint density at radius 2 is 2.24 bits per heavy atom. The van der Waals surface area contributed by atoms with Gasteiger partial charge in [-0.1, -0.05) is 16.8 Å². The van der Waals surface area contributed by atoms with Crippen molar-refractivity contribution >= 4 is 17.4 Å². The predicted molar refractivity (Wildman–Crippen MR) is 67.8 cm³/mol. The summed E-state index contributed by atoms with van der Waals surface area (Å²) in [5.41, 5.74) is -0.950. The second kappa shape index (κ2) is 6.08. The van der Waals surface area contributed by atoms with Gasteiger partial charge in [-0.15, -0.1) is 0 Å². The molecule has 0 spiro atoms.